The average molecular weight is 463 g/mol. The lowest BCUT2D eigenvalue weighted by molar-refractivity contribution is 0.112. The van der Waals surface area contributed by atoms with Gasteiger partial charge in [0, 0.05) is 10.9 Å². The van der Waals surface area contributed by atoms with Gasteiger partial charge < -0.3 is 10.5 Å². The Labute approximate surface area is 182 Å². The molecule has 6 nitrogen and oxygen atoms in total. The Kier molecular flexibility index (Phi) is 5.63. The molecule has 30 heavy (non-hydrogen) atoms. The van der Waals surface area contributed by atoms with Gasteiger partial charge in [0.05, 0.1) is 34.0 Å². The van der Waals surface area contributed by atoms with Gasteiger partial charge in [-0.3, -0.25) is 8.72 Å². The maximum Gasteiger partial charge on any atom is 0.222 e. The number of nitrogen functional groups attached to an aromatic ring is 1. The molecular formula is C23H19BrN4O2. The lowest BCUT2D eigenvalue weighted by Crippen LogP contribution is -2.07. The summed E-state index contributed by atoms with van der Waals surface area (Å²) in [5.41, 5.74) is 9.77. The minimum Gasteiger partial charge on any atom is -0.494 e. The van der Waals surface area contributed by atoms with E-state index < -0.39 is 0 Å². The van der Waals surface area contributed by atoms with Crippen LogP contribution < -0.4 is 14.4 Å². The van der Waals surface area contributed by atoms with Crippen LogP contribution in [0.25, 0.3) is 22.0 Å². The van der Waals surface area contributed by atoms with Crippen molar-refractivity contribution < 1.29 is 9.53 Å². The summed E-state index contributed by atoms with van der Waals surface area (Å²) in [7, 11) is 0. The molecule has 0 fully saturated rings. The Hall–Kier alpha value is -3.45. The van der Waals surface area contributed by atoms with E-state index in [4.69, 9.17) is 10.5 Å². The van der Waals surface area contributed by atoms with Gasteiger partial charge in [0.1, 0.15) is 5.75 Å². The van der Waals surface area contributed by atoms with E-state index in [1.54, 1.807) is 16.1 Å². The minimum atomic E-state index is 0.178. The van der Waals surface area contributed by atoms with Gasteiger partial charge in [-0.25, -0.2) is 4.98 Å². The van der Waals surface area contributed by atoms with Gasteiger partial charge in [-0.1, -0.05) is 24.3 Å². The molecule has 0 bridgehead atoms. The number of fused-ring (bicyclic) bond motifs is 1. The zero-order chi connectivity index (χ0) is 21.1. The van der Waals surface area contributed by atoms with Crippen molar-refractivity contribution in [2.75, 3.05) is 16.3 Å². The first-order chi connectivity index (χ1) is 14.6. The maximum absolute atomic E-state index is 11.6. The summed E-state index contributed by atoms with van der Waals surface area (Å²) in [5, 5.41) is 0.793. The quantitative estimate of drug-likeness (QED) is 0.299. The highest BCUT2D eigenvalue weighted by atomic mass is 79.9. The Morgan fingerprint density at radius 2 is 1.87 bits per heavy atom. The number of aldehydes is 1. The van der Waals surface area contributed by atoms with Gasteiger partial charge in [0.2, 0.25) is 5.95 Å². The molecule has 0 aliphatic heterocycles. The molecule has 0 saturated carbocycles. The van der Waals surface area contributed by atoms with Crippen LogP contribution in [0.4, 0.5) is 17.5 Å². The fourth-order valence-electron chi connectivity index (χ4n) is 3.27. The molecule has 4 rings (SSSR count). The molecule has 0 atom stereocenters. The van der Waals surface area contributed by atoms with Crippen LogP contribution >= 0.6 is 16.1 Å². The van der Waals surface area contributed by atoms with Crippen molar-refractivity contribution >= 4 is 50.8 Å². The maximum atomic E-state index is 11.6. The van der Waals surface area contributed by atoms with E-state index in [2.05, 4.69) is 26.1 Å². The highest BCUT2D eigenvalue weighted by Crippen LogP contribution is 2.36. The Morgan fingerprint density at radius 1 is 1.07 bits per heavy atom. The van der Waals surface area contributed by atoms with Crippen molar-refractivity contribution in [3.05, 3.63) is 72.3 Å². The summed E-state index contributed by atoms with van der Waals surface area (Å²) in [6.45, 7) is 2.47. The van der Waals surface area contributed by atoms with Crippen LogP contribution in [0.3, 0.4) is 0 Å². The number of nitrogens with zero attached hydrogens (tertiary/aromatic N) is 3. The van der Waals surface area contributed by atoms with Crippen molar-refractivity contribution in [1.29, 1.82) is 0 Å². The van der Waals surface area contributed by atoms with Gasteiger partial charge >= 0.3 is 0 Å². The van der Waals surface area contributed by atoms with Crippen LogP contribution in [-0.2, 0) is 0 Å². The summed E-state index contributed by atoms with van der Waals surface area (Å²) in [6, 6.07) is 20.9. The normalized spacial score (nSPS) is 10.7. The van der Waals surface area contributed by atoms with E-state index in [1.165, 1.54) is 0 Å². The molecule has 0 radical (unpaired) electrons. The van der Waals surface area contributed by atoms with E-state index in [-0.39, 0.29) is 5.95 Å². The molecule has 1 heterocycles. The second kappa shape index (κ2) is 8.51. The first-order valence-corrected chi connectivity index (χ1v) is 10.1. The number of anilines is 3. The topological polar surface area (TPSA) is 81.3 Å². The third-order valence-electron chi connectivity index (χ3n) is 4.64. The fraction of sp³-hybridized carbons (Fsp3) is 0.0870. The van der Waals surface area contributed by atoms with Gasteiger partial charge in [-0.15, -0.1) is 0 Å². The average Bonchev–Trinajstić information content (AvgIpc) is 2.78. The monoisotopic (exact) mass is 462 g/mol. The first kappa shape index (κ1) is 19.8. The lowest BCUT2D eigenvalue weighted by atomic mass is 9.98. The number of hydrogen-bond donors (Lipinski definition) is 1. The van der Waals surface area contributed by atoms with Crippen LogP contribution in [0.1, 0.15) is 17.3 Å². The predicted octanol–water partition coefficient (Wildman–Crippen LogP) is 5.54. The number of benzene rings is 3. The third-order valence-corrected chi connectivity index (χ3v) is 5.38. The summed E-state index contributed by atoms with van der Waals surface area (Å²) < 4.78 is 7.40. The van der Waals surface area contributed by atoms with Crippen LogP contribution in [0.2, 0.25) is 0 Å². The van der Waals surface area contributed by atoms with Gasteiger partial charge in [0.15, 0.2) is 12.1 Å². The van der Waals surface area contributed by atoms with Crippen LogP contribution in [0, 0.1) is 0 Å². The lowest BCUT2D eigenvalue weighted by Gasteiger charge is -2.18. The number of para-hydroxylation sites is 1. The number of rotatable bonds is 6. The fourth-order valence-corrected chi connectivity index (χ4v) is 3.78. The number of carbonyl (C=O) groups excluding carboxylic acids is 1. The molecule has 0 saturated heterocycles. The summed E-state index contributed by atoms with van der Waals surface area (Å²) >= 11 is 3.60. The molecule has 1 aromatic heterocycles. The largest absolute Gasteiger partial charge is 0.494 e. The Morgan fingerprint density at radius 3 is 2.60 bits per heavy atom. The number of hydrogen-bond acceptors (Lipinski definition) is 6. The minimum absolute atomic E-state index is 0.178. The highest BCUT2D eigenvalue weighted by molar-refractivity contribution is 9.10. The third kappa shape index (κ3) is 3.84. The van der Waals surface area contributed by atoms with Crippen LogP contribution in [0.15, 0.2) is 66.7 Å². The van der Waals surface area contributed by atoms with Crippen molar-refractivity contribution in [3.63, 3.8) is 0 Å². The van der Waals surface area contributed by atoms with Crippen molar-refractivity contribution in [2.24, 2.45) is 0 Å². The van der Waals surface area contributed by atoms with E-state index in [9.17, 15) is 4.79 Å². The molecule has 4 aromatic rings. The zero-order valence-corrected chi connectivity index (χ0v) is 17.8. The van der Waals surface area contributed by atoms with Gasteiger partial charge in [-0.05, 0) is 60.5 Å². The van der Waals surface area contributed by atoms with Crippen LogP contribution in [0.5, 0.6) is 5.75 Å². The molecule has 0 aliphatic carbocycles. The Bertz CT molecular complexity index is 1210. The summed E-state index contributed by atoms with van der Waals surface area (Å²) in [6.07, 6.45) is 0.844. The number of aromatic nitrogens is 2. The molecule has 0 amide bonds. The van der Waals surface area contributed by atoms with E-state index in [0.29, 0.717) is 29.3 Å². The first-order valence-electron chi connectivity index (χ1n) is 9.41. The molecule has 7 heteroatoms. The molecule has 0 spiro atoms. The van der Waals surface area contributed by atoms with E-state index in [1.807, 2.05) is 61.5 Å². The van der Waals surface area contributed by atoms with Crippen molar-refractivity contribution in [2.45, 2.75) is 6.92 Å². The number of carbonyl (C=O) groups is 1. The van der Waals surface area contributed by atoms with E-state index in [0.717, 1.165) is 28.5 Å². The molecule has 0 unspecified atom stereocenters. The van der Waals surface area contributed by atoms with Gasteiger partial charge in [0.25, 0.3) is 0 Å². The van der Waals surface area contributed by atoms with Crippen molar-refractivity contribution in [3.8, 4) is 16.9 Å². The molecule has 150 valence electrons. The molecule has 3 aromatic carbocycles. The molecular weight excluding hydrogens is 444 g/mol. The standard InChI is InChI=1S/C23H19BrN4O2/c1-2-30-18-10-8-16(14-29)19(13-18)15-9-11-21-20(12-15)22(27-23(25)26-21)28(24)17-6-4-3-5-7-17/h3-14H,2H2,1H3,(H2,25,26,27). The molecule has 0 aliphatic rings. The summed E-state index contributed by atoms with van der Waals surface area (Å²) in [5.74, 6) is 1.50. The Balaban J connectivity index is 1.90. The van der Waals surface area contributed by atoms with Crippen molar-refractivity contribution in [1.82, 2.24) is 9.97 Å². The number of nitrogens with two attached hydrogens (primary N) is 1. The highest BCUT2D eigenvalue weighted by Gasteiger charge is 2.16. The number of ether oxygens (including phenoxy) is 1. The predicted molar refractivity (Wildman–Crippen MR) is 123 cm³/mol. The second-order valence-electron chi connectivity index (χ2n) is 6.55. The molecule has 2 N–H and O–H groups in total. The number of halogens is 1. The smallest absolute Gasteiger partial charge is 0.222 e. The van der Waals surface area contributed by atoms with Gasteiger partial charge in [-0.2, -0.15) is 4.98 Å². The van der Waals surface area contributed by atoms with Crippen LogP contribution in [-0.4, -0.2) is 22.9 Å². The second-order valence-corrected chi connectivity index (χ2v) is 7.26. The summed E-state index contributed by atoms with van der Waals surface area (Å²) in [4.78, 5) is 20.5. The SMILES string of the molecule is CCOc1ccc(C=O)c(-c2ccc3nc(N)nc(N(Br)c4ccccc4)c3c2)c1. The van der Waals surface area contributed by atoms with E-state index >= 15 is 0 Å². The zero-order valence-electron chi connectivity index (χ0n) is 16.2.